The van der Waals surface area contributed by atoms with Crippen molar-refractivity contribution in [2.45, 2.75) is 19.8 Å². The molecule has 0 spiro atoms. The van der Waals surface area contributed by atoms with Gasteiger partial charge in [0.05, 0.1) is 16.9 Å². The molecule has 1 unspecified atom stereocenters. The number of nitrogens with zero attached hydrogens (tertiary/aromatic N) is 4. The highest BCUT2D eigenvalue weighted by molar-refractivity contribution is 7.20. The molecule has 3 aromatic rings. The highest BCUT2D eigenvalue weighted by Gasteiger charge is 2.16. The van der Waals surface area contributed by atoms with Crippen LogP contribution in [0.25, 0.3) is 10.2 Å². The Bertz CT molecular complexity index is 857. The molecule has 1 N–H and O–H groups in total. The fourth-order valence-electron chi connectivity index (χ4n) is 2.47. The van der Waals surface area contributed by atoms with E-state index in [9.17, 15) is 4.79 Å². The molecule has 3 heterocycles. The first-order valence-corrected chi connectivity index (χ1v) is 8.55. The molecule has 3 aromatic heterocycles. The quantitative estimate of drug-likeness (QED) is 0.741. The van der Waals surface area contributed by atoms with Gasteiger partial charge in [-0.25, -0.2) is 4.98 Å². The van der Waals surface area contributed by atoms with Gasteiger partial charge in [-0.2, -0.15) is 0 Å². The van der Waals surface area contributed by atoms with E-state index >= 15 is 0 Å². The highest BCUT2D eigenvalue weighted by atomic mass is 32.1. The molecule has 0 aromatic carbocycles. The van der Waals surface area contributed by atoms with Gasteiger partial charge >= 0.3 is 0 Å². The number of thiophene rings is 1. The van der Waals surface area contributed by atoms with E-state index in [1.54, 1.807) is 12.5 Å². The summed E-state index contributed by atoms with van der Waals surface area (Å²) < 4.78 is 7.45. The minimum Gasteiger partial charge on any atom is -0.493 e. The fourth-order valence-corrected chi connectivity index (χ4v) is 3.41. The largest absolute Gasteiger partial charge is 0.493 e. The fraction of sp³-hybridized carbons (Fsp3) is 0.375. The van der Waals surface area contributed by atoms with E-state index in [2.05, 4.69) is 20.5 Å². The molecule has 0 aliphatic carbocycles. The predicted octanol–water partition coefficient (Wildman–Crippen LogP) is 2.36. The number of hydrogen-bond donors (Lipinski definition) is 1. The molecule has 0 aliphatic rings. The summed E-state index contributed by atoms with van der Waals surface area (Å²) >= 11 is 1.36. The van der Waals surface area contributed by atoms with E-state index in [4.69, 9.17) is 4.74 Å². The molecule has 3 rings (SSSR count). The Morgan fingerprint density at radius 2 is 2.33 bits per heavy atom. The van der Waals surface area contributed by atoms with Crippen LogP contribution in [0.5, 0.6) is 5.75 Å². The van der Waals surface area contributed by atoms with Gasteiger partial charge in [-0.1, -0.05) is 6.92 Å². The van der Waals surface area contributed by atoms with Crippen LogP contribution in [0.1, 0.15) is 35.3 Å². The Kier molecular flexibility index (Phi) is 4.75. The summed E-state index contributed by atoms with van der Waals surface area (Å²) in [6.45, 7) is 5.00. The van der Waals surface area contributed by atoms with E-state index in [0.29, 0.717) is 18.0 Å². The number of fused-ring (bicyclic) bond motifs is 1. The van der Waals surface area contributed by atoms with Crippen molar-refractivity contribution in [3.8, 4) is 5.75 Å². The second-order valence-corrected chi connectivity index (χ2v) is 6.51. The molecule has 126 valence electrons. The molecule has 8 heteroatoms. The van der Waals surface area contributed by atoms with Gasteiger partial charge in [0.15, 0.2) is 0 Å². The number of pyridine rings is 1. The number of hydrogen-bond acceptors (Lipinski definition) is 6. The van der Waals surface area contributed by atoms with Crippen molar-refractivity contribution in [2.75, 3.05) is 13.2 Å². The molecule has 0 fully saturated rings. The third-order valence-corrected chi connectivity index (χ3v) is 4.72. The smallest absolute Gasteiger partial charge is 0.261 e. The number of nitrogens with one attached hydrogen (secondary N) is 1. The lowest BCUT2D eigenvalue weighted by Crippen LogP contribution is -2.27. The molecule has 0 radical (unpaired) electrons. The predicted molar refractivity (Wildman–Crippen MR) is 92.5 cm³/mol. The zero-order chi connectivity index (χ0) is 17.1. The topological polar surface area (TPSA) is 81.9 Å². The molecule has 24 heavy (non-hydrogen) atoms. The summed E-state index contributed by atoms with van der Waals surface area (Å²) in [5.74, 6) is 1.56. The van der Waals surface area contributed by atoms with Crippen LogP contribution in [-0.4, -0.2) is 38.8 Å². The number of amides is 1. The first-order valence-electron chi connectivity index (χ1n) is 7.73. The molecule has 0 saturated heterocycles. The minimum atomic E-state index is -0.116. The van der Waals surface area contributed by atoms with Gasteiger partial charge in [0, 0.05) is 25.7 Å². The second-order valence-electron chi connectivity index (χ2n) is 5.48. The minimum absolute atomic E-state index is 0.0768. The Labute approximate surface area is 143 Å². The van der Waals surface area contributed by atoms with Crippen LogP contribution in [-0.2, 0) is 7.05 Å². The summed E-state index contributed by atoms with van der Waals surface area (Å²) in [5, 5.41) is 11.8. The first kappa shape index (κ1) is 16.4. The van der Waals surface area contributed by atoms with Gasteiger partial charge in [0.2, 0.25) is 0 Å². The van der Waals surface area contributed by atoms with Crippen LogP contribution in [0.2, 0.25) is 0 Å². The Balaban J connectivity index is 1.72. The number of ether oxygens (including phenoxy) is 1. The zero-order valence-electron chi connectivity index (χ0n) is 13.8. The van der Waals surface area contributed by atoms with Crippen LogP contribution < -0.4 is 10.1 Å². The molecular formula is C16H19N5O2S. The standard InChI is InChI=1S/C16H19N5O2S/c1-4-23-12-5-6-17-16-11(12)7-13(24-16)15(22)18-8-10(2)14-20-19-9-21(14)3/h5-7,9-10H,4,8H2,1-3H3,(H,18,22). The third kappa shape index (κ3) is 3.23. The normalized spacial score (nSPS) is 12.3. The van der Waals surface area contributed by atoms with Crippen molar-refractivity contribution in [1.82, 2.24) is 25.1 Å². The van der Waals surface area contributed by atoms with E-state index in [1.165, 1.54) is 11.3 Å². The molecule has 0 aliphatic heterocycles. The maximum atomic E-state index is 12.4. The molecule has 1 atom stereocenters. The van der Waals surface area contributed by atoms with E-state index in [0.717, 1.165) is 21.8 Å². The summed E-state index contributed by atoms with van der Waals surface area (Å²) in [6.07, 6.45) is 3.35. The van der Waals surface area contributed by atoms with Crippen molar-refractivity contribution >= 4 is 27.5 Å². The SMILES string of the molecule is CCOc1ccnc2sc(C(=O)NCC(C)c3nncn3C)cc12. The summed E-state index contributed by atoms with van der Waals surface area (Å²) in [7, 11) is 1.89. The van der Waals surface area contributed by atoms with Gasteiger partial charge < -0.3 is 14.6 Å². The third-order valence-electron chi connectivity index (χ3n) is 3.68. The molecular weight excluding hydrogens is 326 g/mol. The van der Waals surface area contributed by atoms with E-state index in [-0.39, 0.29) is 11.8 Å². The Morgan fingerprint density at radius 3 is 3.04 bits per heavy atom. The lowest BCUT2D eigenvalue weighted by molar-refractivity contribution is 0.0955. The highest BCUT2D eigenvalue weighted by Crippen LogP contribution is 2.31. The number of carbonyl (C=O) groups excluding carboxylic acids is 1. The number of aryl methyl sites for hydroxylation is 1. The molecule has 0 saturated carbocycles. The molecule has 0 bridgehead atoms. The molecule has 7 nitrogen and oxygen atoms in total. The van der Waals surface area contributed by atoms with Crippen molar-refractivity contribution in [3.63, 3.8) is 0 Å². The van der Waals surface area contributed by atoms with Crippen molar-refractivity contribution in [1.29, 1.82) is 0 Å². The van der Waals surface area contributed by atoms with Crippen LogP contribution in [0, 0.1) is 0 Å². The Morgan fingerprint density at radius 1 is 1.50 bits per heavy atom. The molecule has 1 amide bonds. The van der Waals surface area contributed by atoms with Crippen LogP contribution in [0.3, 0.4) is 0 Å². The zero-order valence-corrected chi connectivity index (χ0v) is 14.6. The van der Waals surface area contributed by atoms with E-state index in [1.807, 2.05) is 37.6 Å². The average Bonchev–Trinajstić information content (AvgIpc) is 3.19. The van der Waals surface area contributed by atoms with Crippen molar-refractivity contribution < 1.29 is 9.53 Å². The first-order chi connectivity index (χ1) is 11.6. The number of rotatable bonds is 6. The van der Waals surface area contributed by atoms with Crippen LogP contribution >= 0.6 is 11.3 Å². The maximum absolute atomic E-state index is 12.4. The number of carbonyl (C=O) groups is 1. The van der Waals surface area contributed by atoms with Crippen LogP contribution in [0.15, 0.2) is 24.7 Å². The van der Waals surface area contributed by atoms with Gasteiger partial charge in [0.25, 0.3) is 5.91 Å². The lowest BCUT2D eigenvalue weighted by Gasteiger charge is -2.11. The van der Waals surface area contributed by atoms with Crippen molar-refractivity contribution in [2.24, 2.45) is 7.05 Å². The Hall–Kier alpha value is -2.48. The van der Waals surface area contributed by atoms with Gasteiger partial charge in [-0.05, 0) is 19.1 Å². The number of aromatic nitrogens is 4. The van der Waals surface area contributed by atoms with Gasteiger partial charge in [-0.15, -0.1) is 21.5 Å². The maximum Gasteiger partial charge on any atom is 0.261 e. The monoisotopic (exact) mass is 345 g/mol. The second kappa shape index (κ2) is 6.96. The summed E-state index contributed by atoms with van der Waals surface area (Å²) in [4.78, 5) is 18.2. The van der Waals surface area contributed by atoms with Crippen LogP contribution in [0.4, 0.5) is 0 Å². The van der Waals surface area contributed by atoms with E-state index < -0.39 is 0 Å². The van der Waals surface area contributed by atoms with Crippen molar-refractivity contribution in [3.05, 3.63) is 35.4 Å². The lowest BCUT2D eigenvalue weighted by atomic mass is 10.1. The summed E-state index contributed by atoms with van der Waals surface area (Å²) in [6, 6.07) is 3.65. The van der Waals surface area contributed by atoms with Gasteiger partial charge in [-0.3, -0.25) is 4.79 Å². The average molecular weight is 345 g/mol. The van der Waals surface area contributed by atoms with Gasteiger partial charge in [0.1, 0.15) is 22.7 Å². The summed E-state index contributed by atoms with van der Waals surface area (Å²) in [5.41, 5.74) is 0.